The molecule has 0 aliphatic carbocycles. The Morgan fingerprint density at radius 1 is 1.39 bits per heavy atom. The van der Waals surface area contributed by atoms with Crippen molar-refractivity contribution >= 4 is 28.9 Å². The standard InChI is InChI=1S/C18H18ClFN6O2/c1-18(2)24-16(25-28-18)11-9-22-26-5-4-15(23-17(11)26)21-8-10-6-13(20)12(19)7-14(10)27-3/h4-7,9H,8H2,1-3H3,(H,21,23)(H,24,25). The van der Waals surface area contributed by atoms with Crippen LogP contribution in [0.3, 0.4) is 0 Å². The lowest BCUT2D eigenvalue weighted by atomic mass is 10.2. The van der Waals surface area contributed by atoms with E-state index in [0.717, 1.165) is 0 Å². The maximum atomic E-state index is 13.8. The number of hydrogen-bond donors (Lipinski definition) is 2. The lowest BCUT2D eigenvalue weighted by Gasteiger charge is -2.11. The highest BCUT2D eigenvalue weighted by atomic mass is 35.5. The topological polar surface area (TPSA) is 85.1 Å². The summed E-state index contributed by atoms with van der Waals surface area (Å²) in [6, 6.07) is 4.56. The van der Waals surface area contributed by atoms with Crippen LogP contribution in [0.15, 0.2) is 35.6 Å². The zero-order valence-corrected chi connectivity index (χ0v) is 16.2. The van der Waals surface area contributed by atoms with Crippen molar-refractivity contribution in [3.63, 3.8) is 0 Å². The number of hydrogen-bond acceptors (Lipinski definition) is 7. The van der Waals surface area contributed by atoms with Gasteiger partial charge in [-0.05, 0) is 26.0 Å². The molecule has 1 aromatic carbocycles. The van der Waals surface area contributed by atoms with Gasteiger partial charge >= 0.3 is 0 Å². The third-order valence-electron chi connectivity index (χ3n) is 4.19. The van der Waals surface area contributed by atoms with Gasteiger partial charge in [-0.1, -0.05) is 11.6 Å². The van der Waals surface area contributed by atoms with Crippen LogP contribution in [-0.2, 0) is 11.4 Å². The molecule has 8 nitrogen and oxygen atoms in total. The van der Waals surface area contributed by atoms with Crippen LogP contribution in [0.1, 0.15) is 25.0 Å². The van der Waals surface area contributed by atoms with Gasteiger partial charge in [-0.15, -0.1) is 0 Å². The number of benzene rings is 1. The number of aromatic nitrogens is 3. The number of amidine groups is 1. The second kappa shape index (κ2) is 6.92. The summed E-state index contributed by atoms with van der Waals surface area (Å²) >= 11 is 5.81. The molecule has 2 aromatic heterocycles. The van der Waals surface area contributed by atoms with Gasteiger partial charge in [0.05, 0.1) is 23.9 Å². The van der Waals surface area contributed by atoms with Crippen molar-refractivity contribution < 1.29 is 14.0 Å². The second-order valence-electron chi connectivity index (χ2n) is 6.68. The van der Waals surface area contributed by atoms with Crippen LogP contribution in [0, 0.1) is 5.82 Å². The molecule has 0 amide bonds. The monoisotopic (exact) mass is 404 g/mol. The van der Waals surface area contributed by atoms with E-state index in [2.05, 4.69) is 25.9 Å². The number of nitrogens with zero attached hydrogens (tertiary/aromatic N) is 4. The lowest BCUT2D eigenvalue weighted by molar-refractivity contribution is -0.0269. The molecule has 146 valence electrons. The van der Waals surface area contributed by atoms with Gasteiger partial charge in [-0.2, -0.15) is 5.10 Å². The van der Waals surface area contributed by atoms with Gasteiger partial charge in [-0.3, -0.25) is 0 Å². The van der Waals surface area contributed by atoms with Crippen LogP contribution in [0.2, 0.25) is 5.02 Å². The molecule has 0 fully saturated rings. The van der Waals surface area contributed by atoms with Crippen molar-refractivity contribution in [3.8, 4) is 5.75 Å². The summed E-state index contributed by atoms with van der Waals surface area (Å²) in [5.74, 6) is 1.14. The van der Waals surface area contributed by atoms with Crippen molar-refractivity contribution in [2.45, 2.75) is 26.1 Å². The van der Waals surface area contributed by atoms with E-state index in [0.29, 0.717) is 40.7 Å². The number of halogens is 2. The minimum atomic E-state index is -0.658. The molecule has 0 atom stereocenters. The Labute approximate surface area is 165 Å². The molecule has 0 spiro atoms. The SMILES string of the molecule is COc1cc(Cl)c(F)cc1CNc1ccn2ncc(C3=NC(C)(C)ON3)c2n1. The molecule has 3 heterocycles. The second-order valence-corrected chi connectivity index (χ2v) is 7.09. The highest BCUT2D eigenvalue weighted by molar-refractivity contribution is 6.30. The van der Waals surface area contributed by atoms with Crippen molar-refractivity contribution in [1.82, 2.24) is 20.1 Å². The van der Waals surface area contributed by atoms with E-state index in [1.807, 2.05) is 13.8 Å². The Kier molecular flexibility index (Phi) is 4.56. The number of fused-ring (bicyclic) bond motifs is 1. The Morgan fingerprint density at radius 2 is 2.21 bits per heavy atom. The van der Waals surface area contributed by atoms with E-state index >= 15 is 0 Å². The van der Waals surface area contributed by atoms with E-state index in [-0.39, 0.29) is 5.02 Å². The first kappa shape index (κ1) is 18.5. The van der Waals surface area contributed by atoms with Crippen LogP contribution in [0.25, 0.3) is 5.65 Å². The van der Waals surface area contributed by atoms with Crippen molar-refractivity contribution in [2.24, 2.45) is 4.99 Å². The number of rotatable bonds is 5. The smallest absolute Gasteiger partial charge is 0.182 e. The highest BCUT2D eigenvalue weighted by Crippen LogP contribution is 2.27. The zero-order chi connectivity index (χ0) is 19.9. The van der Waals surface area contributed by atoms with Crippen LogP contribution < -0.4 is 15.5 Å². The molecule has 0 unspecified atom stereocenters. The maximum absolute atomic E-state index is 13.8. The van der Waals surface area contributed by atoms with Gasteiger partial charge in [0, 0.05) is 24.4 Å². The number of methoxy groups -OCH3 is 1. The molecule has 4 rings (SSSR count). The number of aliphatic imine (C=N–C) groups is 1. The summed E-state index contributed by atoms with van der Waals surface area (Å²) in [7, 11) is 1.51. The van der Waals surface area contributed by atoms with Crippen LogP contribution in [0.5, 0.6) is 5.75 Å². The molecule has 0 bridgehead atoms. The molecule has 0 radical (unpaired) electrons. The van der Waals surface area contributed by atoms with Crippen molar-refractivity contribution in [2.75, 3.05) is 12.4 Å². The predicted octanol–water partition coefficient (Wildman–Crippen LogP) is 3.16. The van der Waals surface area contributed by atoms with E-state index in [4.69, 9.17) is 21.2 Å². The molecule has 10 heteroatoms. The molecule has 0 saturated heterocycles. The normalized spacial score (nSPS) is 15.4. The van der Waals surface area contributed by atoms with Gasteiger partial charge < -0.3 is 10.1 Å². The summed E-state index contributed by atoms with van der Waals surface area (Å²) in [6.07, 6.45) is 3.44. The Morgan fingerprint density at radius 3 is 2.93 bits per heavy atom. The first-order valence-electron chi connectivity index (χ1n) is 8.51. The van der Waals surface area contributed by atoms with E-state index in [1.165, 1.54) is 19.2 Å². The summed E-state index contributed by atoms with van der Waals surface area (Å²) < 4.78 is 20.7. The number of hydroxylamine groups is 1. The number of anilines is 1. The molecule has 28 heavy (non-hydrogen) atoms. The maximum Gasteiger partial charge on any atom is 0.182 e. The van der Waals surface area contributed by atoms with Gasteiger partial charge in [0.15, 0.2) is 17.2 Å². The Balaban J connectivity index is 1.61. The molecule has 1 aliphatic heterocycles. The Bertz CT molecular complexity index is 1080. The van der Waals surface area contributed by atoms with E-state index in [1.54, 1.807) is 23.0 Å². The third kappa shape index (κ3) is 3.46. The number of ether oxygens (including phenoxy) is 1. The molecule has 3 aromatic rings. The fourth-order valence-corrected chi connectivity index (χ4v) is 2.98. The van der Waals surface area contributed by atoms with Gasteiger partial charge in [0.1, 0.15) is 17.4 Å². The highest BCUT2D eigenvalue weighted by Gasteiger charge is 2.28. The molecule has 1 aliphatic rings. The average molecular weight is 405 g/mol. The van der Waals surface area contributed by atoms with Crippen LogP contribution >= 0.6 is 11.6 Å². The van der Waals surface area contributed by atoms with Crippen LogP contribution in [0.4, 0.5) is 10.2 Å². The zero-order valence-electron chi connectivity index (χ0n) is 15.5. The lowest BCUT2D eigenvalue weighted by Crippen LogP contribution is -2.23. The fourth-order valence-electron chi connectivity index (χ4n) is 2.82. The summed E-state index contributed by atoms with van der Waals surface area (Å²) in [6.45, 7) is 3.99. The molecule has 0 saturated carbocycles. The fraction of sp³-hybridized carbons (Fsp3) is 0.278. The first-order chi connectivity index (χ1) is 13.4. The summed E-state index contributed by atoms with van der Waals surface area (Å²) in [5.41, 5.74) is 4.09. The van der Waals surface area contributed by atoms with Crippen molar-refractivity contribution in [3.05, 3.63) is 52.6 Å². The van der Waals surface area contributed by atoms with Gasteiger partial charge in [0.25, 0.3) is 0 Å². The first-order valence-corrected chi connectivity index (χ1v) is 8.88. The summed E-state index contributed by atoms with van der Waals surface area (Å²) in [4.78, 5) is 14.5. The van der Waals surface area contributed by atoms with Crippen LogP contribution in [-0.4, -0.2) is 33.3 Å². The third-order valence-corrected chi connectivity index (χ3v) is 4.48. The minimum Gasteiger partial charge on any atom is -0.496 e. The number of nitrogens with one attached hydrogen (secondary N) is 2. The van der Waals surface area contributed by atoms with E-state index < -0.39 is 11.5 Å². The summed E-state index contributed by atoms with van der Waals surface area (Å²) in [5, 5.41) is 7.46. The quantitative estimate of drug-likeness (QED) is 0.679. The largest absolute Gasteiger partial charge is 0.496 e. The average Bonchev–Trinajstić information content (AvgIpc) is 3.24. The molecule has 2 N–H and O–H groups in total. The van der Waals surface area contributed by atoms with Gasteiger partial charge in [0.2, 0.25) is 0 Å². The minimum absolute atomic E-state index is 0.0130. The van der Waals surface area contributed by atoms with Gasteiger partial charge in [-0.25, -0.2) is 29.2 Å². The Hall–Kier alpha value is -2.91. The molecular weight excluding hydrogens is 387 g/mol. The molecular formula is C18H18ClFN6O2. The predicted molar refractivity (Wildman–Crippen MR) is 103 cm³/mol. The van der Waals surface area contributed by atoms with Crippen molar-refractivity contribution in [1.29, 1.82) is 0 Å². The van der Waals surface area contributed by atoms with E-state index in [9.17, 15) is 4.39 Å².